The number of nitrogens with zero attached hydrogens (tertiary/aromatic N) is 5. The molecule has 0 atom stereocenters. The Bertz CT molecular complexity index is 1000. The fraction of sp³-hybridized carbons (Fsp3) is 0.421. The molecule has 152 valence electrons. The third-order valence-corrected chi connectivity index (χ3v) is 6.44. The summed E-state index contributed by atoms with van der Waals surface area (Å²) >= 11 is 1.49. The second-order valence-electron chi connectivity index (χ2n) is 6.91. The highest BCUT2D eigenvalue weighted by Crippen LogP contribution is 2.41. The van der Waals surface area contributed by atoms with Crippen LogP contribution in [0.3, 0.4) is 0 Å². The predicted molar refractivity (Wildman–Crippen MR) is 107 cm³/mol. The first-order chi connectivity index (χ1) is 13.9. The summed E-state index contributed by atoms with van der Waals surface area (Å²) in [6.45, 7) is 3.71. The number of esters is 1. The van der Waals surface area contributed by atoms with Crippen LogP contribution in [0.4, 0.5) is 10.8 Å². The Hall–Kier alpha value is -3.01. The molecule has 0 saturated carbocycles. The summed E-state index contributed by atoms with van der Waals surface area (Å²) in [5.74, 6) is -0.0669. The molecule has 0 unspecified atom stereocenters. The van der Waals surface area contributed by atoms with Crippen molar-refractivity contribution in [3.05, 3.63) is 34.1 Å². The molecule has 0 bridgehead atoms. The SMILES string of the molecule is CCN1C(=O)CN(C)C(=O)c2c1sc1c2CCN(c2cc(C(=O)OC)ncn2)C1. The van der Waals surface area contributed by atoms with Crippen LogP contribution in [0.1, 0.15) is 38.2 Å². The van der Waals surface area contributed by atoms with Gasteiger partial charge in [0.25, 0.3) is 5.91 Å². The zero-order valence-electron chi connectivity index (χ0n) is 16.5. The van der Waals surface area contributed by atoms with Crippen molar-refractivity contribution >= 4 is 39.9 Å². The van der Waals surface area contributed by atoms with E-state index < -0.39 is 5.97 Å². The number of amides is 2. The van der Waals surface area contributed by atoms with Crippen LogP contribution in [0.5, 0.6) is 0 Å². The first-order valence-electron chi connectivity index (χ1n) is 9.30. The molecule has 29 heavy (non-hydrogen) atoms. The van der Waals surface area contributed by atoms with Crippen LogP contribution in [-0.4, -0.2) is 66.4 Å². The van der Waals surface area contributed by atoms with E-state index in [0.717, 1.165) is 15.4 Å². The molecule has 10 heteroatoms. The lowest BCUT2D eigenvalue weighted by molar-refractivity contribution is -0.118. The highest BCUT2D eigenvalue weighted by atomic mass is 32.1. The van der Waals surface area contributed by atoms with E-state index >= 15 is 0 Å². The second-order valence-corrected chi connectivity index (χ2v) is 7.99. The Morgan fingerprint density at radius 3 is 2.79 bits per heavy atom. The van der Waals surface area contributed by atoms with Gasteiger partial charge in [-0.1, -0.05) is 0 Å². The number of hydrogen-bond acceptors (Lipinski definition) is 8. The van der Waals surface area contributed by atoms with E-state index in [0.29, 0.717) is 37.4 Å². The number of likely N-dealkylation sites (N-methyl/N-ethyl adjacent to an activating group) is 2. The number of carbonyl (C=O) groups is 3. The maximum absolute atomic E-state index is 12.9. The Morgan fingerprint density at radius 2 is 2.07 bits per heavy atom. The van der Waals surface area contributed by atoms with E-state index in [9.17, 15) is 14.4 Å². The average Bonchev–Trinajstić information content (AvgIpc) is 3.07. The molecule has 0 radical (unpaired) electrons. The third kappa shape index (κ3) is 3.23. The van der Waals surface area contributed by atoms with Gasteiger partial charge in [-0.15, -0.1) is 11.3 Å². The van der Waals surface area contributed by atoms with Crippen molar-refractivity contribution < 1.29 is 19.1 Å². The van der Waals surface area contributed by atoms with Gasteiger partial charge in [0.15, 0.2) is 5.69 Å². The molecular weight excluding hydrogens is 394 g/mol. The normalized spacial score (nSPS) is 16.4. The van der Waals surface area contributed by atoms with E-state index in [2.05, 4.69) is 9.97 Å². The van der Waals surface area contributed by atoms with Gasteiger partial charge in [0.2, 0.25) is 5.91 Å². The topological polar surface area (TPSA) is 95.9 Å². The number of anilines is 2. The molecule has 4 heterocycles. The van der Waals surface area contributed by atoms with Crippen LogP contribution < -0.4 is 9.80 Å². The smallest absolute Gasteiger partial charge is 0.356 e. The second kappa shape index (κ2) is 7.43. The zero-order valence-corrected chi connectivity index (χ0v) is 17.3. The third-order valence-electron chi connectivity index (χ3n) is 5.20. The van der Waals surface area contributed by atoms with Gasteiger partial charge in [-0.3, -0.25) is 9.59 Å². The lowest BCUT2D eigenvalue weighted by Gasteiger charge is -2.28. The number of ether oxygens (including phenoxy) is 1. The fourth-order valence-corrected chi connectivity index (χ4v) is 5.15. The number of methoxy groups -OCH3 is 1. The van der Waals surface area contributed by atoms with Gasteiger partial charge in [0.1, 0.15) is 23.7 Å². The van der Waals surface area contributed by atoms with Crippen LogP contribution in [-0.2, 0) is 22.5 Å². The molecule has 0 aliphatic carbocycles. The van der Waals surface area contributed by atoms with Crippen molar-refractivity contribution in [2.45, 2.75) is 19.9 Å². The molecule has 2 aliphatic rings. The monoisotopic (exact) mass is 415 g/mol. The van der Waals surface area contributed by atoms with Crippen molar-refractivity contribution in [3.63, 3.8) is 0 Å². The van der Waals surface area contributed by atoms with Crippen LogP contribution >= 0.6 is 11.3 Å². The number of aromatic nitrogens is 2. The van der Waals surface area contributed by atoms with Crippen LogP contribution in [0, 0.1) is 0 Å². The largest absolute Gasteiger partial charge is 0.464 e. The molecule has 0 aromatic carbocycles. The van der Waals surface area contributed by atoms with Gasteiger partial charge >= 0.3 is 5.97 Å². The van der Waals surface area contributed by atoms with Gasteiger partial charge in [0.05, 0.1) is 19.2 Å². The van der Waals surface area contributed by atoms with E-state index in [1.54, 1.807) is 18.0 Å². The quantitative estimate of drug-likeness (QED) is 0.698. The highest BCUT2D eigenvalue weighted by Gasteiger charge is 2.36. The minimum atomic E-state index is -0.514. The molecular formula is C19H21N5O4S. The molecule has 2 amide bonds. The van der Waals surface area contributed by atoms with Crippen molar-refractivity contribution in [1.29, 1.82) is 0 Å². The fourth-order valence-electron chi connectivity index (χ4n) is 3.72. The average molecular weight is 415 g/mol. The molecule has 2 aromatic heterocycles. The Labute approximate surface area is 171 Å². The Kier molecular flexibility index (Phi) is 4.95. The summed E-state index contributed by atoms with van der Waals surface area (Å²) in [5, 5.41) is 0.733. The predicted octanol–water partition coefficient (Wildman–Crippen LogP) is 1.33. The Morgan fingerprint density at radius 1 is 1.28 bits per heavy atom. The standard InChI is InChI=1S/C19H21N5O4S/c1-4-24-15(25)9-22(2)17(26)16-11-5-6-23(8-13(11)29-18(16)24)14-7-12(19(27)28-3)20-10-21-14/h7,10H,4-6,8-9H2,1-3H3. The number of rotatable bonds is 3. The number of fused-ring (bicyclic) bond motifs is 3. The number of hydrogen-bond donors (Lipinski definition) is 0. The molecule has 0 fully saturated rings. The van der Waals surface area contributed by atoms with Crippen molar-refractivity contribution in [1.82, 2.24) is 14.9 Å². The maximum atomic E-state index is 12.9. The van der Waals surface area contributed by atoms with Crippen LogP contribution in [0.15, 0.2) is 12.4 Å². The summed E-state index contributed by atoms with van der Waals surface area (Å²) in [6.07, 6.45) is 2.00. The lowest BCUT2D eigenvalue weighted by atomic mass is 10.0. The highest BCUT2D eigenvalue weighted by molar-refractivity contribution is 7.17. The van der Waals surface area contributed by atoms with E-state index in [4.69, 9.17) is 4.74 Å². The lowest BCUT2D eigenvalue weighted by Crippen LogP contribution is -2.37. The van der Waals surface area contributed by atoms with Crippen molar-refractivity contribution in [2.24, 2.45) is 0 Å². The molecule has 0 N–H and O–H groups in total. The van der Waals surface area contributed by atoms with Crippen LogP contribution in [0.25, 0.3) is 0 Å². The first kappa shape index (κ1) is 19.3. The summed E-state index contributed by atoms with van der Waals surface area (Å²) < 4.78 is 4.73. The van der Waals surface area contributed by atoms with Gasteiger partial charge < -0.3 is 19.4 Å². The van der Waals surface area contributed by atoms with Crippen LogP contribution in [0.2, 0.25) is 0 Å². The van der Waals surface area contributed by atoms with Gasteiger partial charge in [-0.25, -0.2) is 14.8 Å². The van der Waals surface area contributed by atoms with Crippen molar-refractivity contribution in [2.75, 3.05) is 43.6 Å². The van der Waals surface area contributed by atoms with E-state index in [-0.39, 0.29) is 24.1 Å². The summed E-state index contributed by atoms with van der Waals surface area (Å²) in [6, 6.07) is 1.61. The molecule has 2 aromatic rings. The first-order valence-corrected chi connectivity index (χ1v) is 10.1. The Balaban J connectivity index is 1.70. The summed E-state index contributed by atoms with van der Waals surface area (Å²) in [7, 11) is 2.97. The minimum absolute atomic E-state index is 0.0731. The molecule has 4 rings (SSSR count). The maximum Gasteiger partial charge on any atom is 0.356 e. The van der Waals surface area contributed by atoms with E-state index in [1.807, 2.05) is 11.8 Å². The summed E-state index contributed by atoms with van der Waals surface area (Å²) in [5.41, 5.74) is 1.86. The molecule has 2 aliphatic heterocycles. The summed E-state index contributed by atoms with van der Waals surface area (Å²) in [4.78, 5) is 51.8. The van der Waals surface area contributed by atoms with Gasteiger partial charge in [-0.2, -0.15) is 0 Å². The van der Waals surface area contributed by atoms with Crippen molar-refractivity contribution in [3.8, 4) is 0 Å². The van der Waals surface area contributed by atoms with Gasteiger partial charge in [-0.05, 0) is 18.9 Å². The number of thiophene rings is 1. The van der Waals surface area contributed by atoms with Gasteiger partial charge in [0, 0.05) is 31.1 Å². The number of carbonyl (C=O) groups excluding carboxylic acids is 3. The minimum Gasteiger partial charge on any atom is -0.464 e. The molecule has 0 spiro atoms. The molecule has 9 nitrogen and oxygen atoms in total. The zero-order chi connectivity index (χ0) is 20.7. The van der Waals surface area contributed by atoms with E-state index in [1.165, 1.54) is 29.7 Å². The molecule has 0 saturated heterocycles.